The maximum Gasteiger partial charge on any atom is 0.263 e. The van der Waals surface area contributed by atoms with Crippen LogP contribution < -0.4 is 5.32 Å². The van der Waals surface area contributed by atoms with Crippen molar-refractivity contribution in [1.29, 1.82) is 0 Å². The Kier molecular flexibility index (Phi) is 4.94. The number of rotatable bonds is 4. The topological polar surface area (TPSA) is 62.3 Å². The van der Waals surface area contributed by atoms with Gasteiger partial charge in [-0.15, -0.1) is 11.3 Å². The predicted octanol–water partition coefficient (Wildman–Crippen LogP) is 2.27. The Morgan fingerprint density at radius 3 is 2.79 bits per heavy atom. The van der Waals surface area contributed by atoms with Crippen molar-refractivity contribution in [3.8, 4) is 0 Å². The van der Waals surface area contributed by atoms with Gasteiger partial charge in [0.1, 0.15) is 0 Å². The lowest BCUT2D eigenvalue weighted by Gasteiger charge is -2.21. The SMILES string of the molecule is CN(C)C(=O)c1cc2c(s1)CC[C@@H](C(=O)NCc1ccncc1)C2. The molecule has 0 saturated carbocycles. The zero-order chi connectivity index (χ0) is 17.1. The van der Waals surface area contributed by atoms with Crippen LogP contribution in [0.2, 0.25) is 0 Å². The summed E-state index contributed by atoms with van der Waals surface area (Å²) in [6.07, 6.45) is 5.88. The van der Waals surface area contributed by atoms with Crippen LogP contribution in [0.3, 0.4) is 0 Å². The molecule has 2 aromatic rings. The fourth-order valence-electron chi connectivity index (χ4n) is 2.91. The van der Waals surface area contributed by atoms with Crippen molar-refractivity contribution >= 4 is 23.2 Å². The molecule has 24 heavy (non-hydrogen) atoms. The van der Waals surface area contributed by atoms with E-state index in [2.05, 4.69) is 10.3 Å². The number of fused-ring (bicyclic) bond motifs is 1. The van der Waals surface area contributed by atoms with Crippen LogP contribution in [0.25, 0.3) is 0 Å². The number of nitrogens with one attached hydrogen (secondary N) is 1. The second-order valence-corrected chi connectivity index (χ2v) is 7.41. The second kappa shape index (κ2) is 7.13. The minimum Gasteiger partial charge on any atom is -0.352 e. The zero-order valence-corrected chi connectivity index (χ0v) is 14.7. The van der Waals surface area contributed by atoms with Crippen LogP contribution >= 0.6 is 11.3 Å². The highest BCUT2D eigenvalue weighted by molar-refractivity contribution is 7.14. The highest BCUT2D eigenvalue weighted by Crippen LogP contribution is 2.33. The first-order chi connectivity index (χ1) is 11.5. The number of carbonyl (C=O) groups is 2. The molecule has 0 aliphatic heterocycles. The molecule has 126 valence electrons. The fourth-order valence-corrected chi connectivity index (χ4v) is 4.14. The highest BCUT2D eigenvalue weighted by atomic mass is 32.1. The van der Waals surface area contributed by atoms with Crippen LogP contribution in [0.4, 0.5) is 0 Å². The molecule has 0 fully saturated rings. The summed E-state index contributed by atoms with van der Waals surface area (Å²) in [5.74, 6) is 0.105. The molecule has 0 bridgehead atoms. The summed E-state index contributed by atoms with van der Waals surface area (Å²) in [4.78, 5) is 32.1. The van der Waals surface area contributed by atoms with Crippen LogP contribution in [0.5, 0.6) is 0 Å². The first-order valence-electron chi connectivity index (χ1n) is 8.04. The average molecular weight is 343 g/mol. The third kappa shape index (κ3) is 3.64. The third-order valence-electron chi connectivity index (χ3n) is 4.29. The van der Waals surface area contributed by atoms with Gasteiger partial charge in [-0.2, -0.15) is 0 Å². The summed E-state index contributed by atoms with van der Waals surface area (Å²) in [7, 11) is 3.52. The van der Waals surface area contributed by atoms with Gasteiger partial charge in [0.25, 0.3) is 5.91 Å². The Morgan fingerprint density at radius 2 is 2.08 bits per heavy atom. The Morgan fingerprint density at radius 1 is 1.33 bits per heavy atom. The lowest BCUT2D eigenvalue weighted by molar-refractivity contribution is -0.125. The Labute approximate surface area is 145 Å². The molecule has 2 aromatic heterocycles. The van der Waals surface area contributed by atoms with E-state index < -0.39 is 0 Å². The first kappa shape index (κ1) is 16.6. The van der Waals surface area contributed by atoms with Gasteiger partial charge in [-0.1, -0.05) is 0 Å². The standard InChI is InChI=1S/C18H21N3O2S/c1-21(2)18(23)16-10-14-9-13(3-4-15(14)24-16)17(22)20-11-12-5-7-19-8-6-12/h5-8,10,13H,3-4,9,11H2,1-2H3,(H,20,22)/t13-/m1/s1. The maximum atomic E-state index is 12.4. The number of aromatic nitrogens is 1. The van der Waals surface area contributed by atoms with Crippen LogP contribution in [0.1, 0.15) is 32.1 Å². The largest absolute Gasteiger partial charge is 0.352 e. The van der Waals surface area contributed by atoms with Crippen molar-refractivity contribution in [2.75, 3.05) is 14.1 Å². The Bertz CT molecular complexity index is 740. The molecular weight excluding hydrogens is 322 g/mol. The smallest absolute Gasteiger partial charge is 0.263 e. The molecule has 1 aliphatic carbocycles. The molecule has 1 aliphatic rings. The fraction of sp³-hybridized carbons (Fsp3) is 0.389. The Hall–Kier alpha value is -2.21. The quantitative estimate of drug-likeness (QED) is 0.926. The molecule has 1 N–H and O–H groups in total. The lowest BCUT2D eigenvalue weighted by atomic mass is 9.87. The summed E-state index contributed by atoms with van der Waals surface area (Å²) in [6.45, 7) is 0.527. The number of amides is 2. The van der Waals surface area contributed by atoms with E-state index in [9.17, 15) is 9.59 Å². The molecule has 6 heteroatoms. The van der Waals surface area contributed by atoms with Crippen LogP contribution in [0.15, 0.2) is 30.6 Å². The van der Waals surface area contributed by atoms with E-state index in [0.717, 1.165) is 28.8 Å². The van der Waals surface area contributed by atoms with Crippen molar-refractivity contribution in [3.63, 3.8) is 0 Å². The zero-order valence-electron chi connectivity index (χ0n) is 13.9. The van der Waals surface area contributed by atoms with Gasteiger partial charge in [-0.05, 0) is 48.6 Å². The highest BCUT2D eigenvalue weighted by Gasteiger charge is 2.27. The van der Waals surface area contributed by atoms with E-state index in [1.54, 1.807) is 42.7 Å². The van der Waals surface area contributed by atoms with Gasteiger partial charge >= 0.3 is 0 Å². The van der Waals surface area contributed by atoms with Gasteiger partial charge < -0.3 is 10.2 Å². The molecule has 1 atom stereocenters. The van der Waals surface area contributed by atoms with Crippen molar-refractivity contribution in [2.24, 2.45) is 5.92 Å². The van der Waals surface area contributed by atoms with Gasteiger partial charge in [0.15, 0.2) is 0 Å². The van der Waals surface area contributed by atoms with E-state index in [1.807, 2.05) is 18.2 Å². The number of hydrogen-bond donors (Lipinski definition) is 1. The monoisotopic (exact) mass is 343 g/mol. The number of thiophene rings is 1. The van der Waals surface area contributed by atoms with Gasteiger partial charge in [0.05, 0.1) is 4.88 Å². The van der Waals surface area contributed by atoms with Crippen molar-refractivity contribution in [1.82, 2.24) is 15.2 Å². The second-order valence-electron chi connectivity index (χ2n) is 6.27. The number of carbonyl (C=O) groups excluding carboxylic acids is 2. The van der Waals surface area contributed by atoms with E-state index in [1.165, 1.54) is 4.88 Å². The summed E-state index contributed by atoms with van der Waals surface area (Å²) >= 11 is 1.57. The normalized spacial score (nSPS) is 16.3. The third-order valence-corrected chi connectivity index (χ3v) is 5.51. The van der Waals surface area contributed by atoms with Crippen LogP contribution in [-0.4, -0.2) is 35.8 Å². The van der Waals surface area contributed by atoms with Crippen molar-refractivity contribution < 1.29 is 9.59 Å². The van der Waals surface area contributed by atoms with Gasteiger partial charge in [-0.3, -0.25) is 14.6 Å². The molecule has 0 unspecified atom stereocenters. The number of nitrogens with zero attached hydrogens (tertiary/aromatic N) is 2. The molecule has 2 heterocycles. The Balaban J connectivity index is 1.62. The predicted molar refractivity (Wildman–Crippen MR) is 93.9 cm³/mol. The van der Waals surface area contributed by atoms with Gasteiger partial charge in [0.2, 0.25) is 5.91 Å². The molecule has 0 spiro atoms. The average Bonchev–Trinajstić information content (AvgIpc) is 3.02. The molecule has 5 nitrogen and oxygen atoms in total. The minimum atomic E-state index is -0.0174. The van der Waals surface area contributed by atoms with Crippen molar-refractivity contribution in [2.45, 2.75) is 25.8 Å². The first-order valence-corrected chi connectivity index (χ1v) is 8.86. The van der Waals surface area contributed by atoms with E-state index in [-0.39, 0.29) is 17.7 Å². The summed E-state index contributed by atoms with van der Waals surface area (Å²) < 4.78 is 0. The van der Waals surface area contributed by atoms with Crippen LogP contribution in [-0.2, 0) is 24.2 Å². The van der Waals surface area contributed by atoms with E-state index in [4.69, 9.17) is 0 Å². The summed E-state index contributed by atoms with van der Waals surface area (Å²) in [6, 6.07) is 5.76. The summed E-state index contributed by atoms with van der Waals surface area (Å²) in [5.41, 5.74) is 2.20. The van der Waals surface area contributed by atoms with Crippen LogP contribution in [0, 0.1) is 5.92 Å². The number of hydrogen-bond acceptors (Lipinski definition) is 4. The molecule has 3 rings (SSSR count). The molecule has 0 saturated heterocycles. The van der Waals surface area contributed by atoms with Gasteiger partial charge in [0, 0.05) is 43.8 Å². The summed E-state index contributed by atoms with van der Waals surface area (Å²) in [5, 5.41) is 3.01. The molecule has 2 amide bonds. The molecule has 0 radical (unpaired) electrons. The molecular formula is C18H21N3O2S. The van der Waals surface area contributed by atoms with E-state index >= 15 is 0 Å². The lowest BCUT2D eigenvalue weighted by Crippen LogP contribution is -2.33. The minimum absolute atomic E-state index is 0.0174. The maximum absolute atomic E-state index is 12.4. The molecule has 0 aromatic carbocycles. The van der Waals surface area contributed by atoms with E-state index in [0.29, 0.717) is 13.0 Å². The number of aryl methyl sites for hydroxylation is 1. The van der Waals surface area contributed by atoms with Gasteiger partial charge in [-0.25, -0.2) is 0 Å². The number of pyridine rings is 1. The van der Waals surface area contributed by atoms with Crippen molar-refractivity contribution in [3.05, 3.63) is 51.5 Å².